The van der Waals surface area contributed by atoms with Crippen molar-refractivity contribution in [1.82, 2.24) is 4.57 Å². The molecule has 0 N–H and O–H groups in total. The van der Waals surface area contributed by atoms with Gasteiger partial charge in [0.2, 0.25) is 0 Å². The summed E-state index contributed by atoms with van der Waals surface area (Å²) in [5, 5.41) is 10.4. The van der Waals surface area contributed by atoms with Crippen LogP contribution in [0.4, 0.5) is 0 Å². The van der Waals surface area contributed by atoms with Crippen molar-refractivity contribution in [2.45, 2.75) is 59.4 Å². The number of hydrogen-bond acceptors (Lipinski definition) is 1. The molecule has 0 amide bonds. The van der Waals surface area contributed by atoms with E-state index in [9.17, 15) is 0 Å². The van der Waals surface area contributed by atoms with Crippen LogP contribution >= 0.6 is 0 Å². The van der Waals surface area contributed by atoms with Gasteiger partial charge in [0.05, 0.1) is 11.6 Å². The van der Waals surface area contributed by atoms with Gasteiger partial charge in [0.1, 0.15) is 0 Å². The normalized spacial score (nSPS) is 14.9. The molecule has 1 aromatic heterocycles. The maximum atomic E-state index is 9.13. The Balaban J connectivity index is 0.000000704. The van der Waals surface area contributed by atoms with Gasteiger partial charge in [-0.1, -0.05) is 26.7 Å². The minimum Gasteiger partial charge on any atom is -0.344 e. The lowest BCUT2D eigenvalue weighted by molar-refractivity contribution is 0.535. The first kappa shape index (κ1) is 14.7. The predicted molar refractivity (Wildman–Crippen MR) is 85.0 cm³/mol. The third-order valence-corrected chi connectivity index (χ3v) is 4.22. The molecule has 1 heterocycles. The highest BCUT2D eigenvalue weighted by atomic mass is 15.0. The Kier molecular flexibility index (Phi) is 4.49. The number of rotatable bonds is 1. The lowest BCUT2D eigenvalue weighted by Gasteiger charge is -2.13. The van der Waals surface area contributed by atoms with E-state index in [1.807, 2.05) is 26.8 Å². The van der Waals surface area contributed by atoms with Gasteiger partial charge in [-0.2, -0.15) is 5.26 Å². The van der Waals surface area contributed by atoms with Gasteiger partial charge in [-0.05, 0) is 49.9 Å². The molecule has 0 unspecified atom stereocenters. The molecule has 0 radical (unpaired) electrons. The Morgan fingerprint density at radius 1 is 1.10 bits per heavy atom. The molecule has 3 rings (SSSR count). The quantitative estimate of drug-likeness (QED) is 0.692. The summed E-state index contributed by atoms with van der Waals surface area (Å²) in [6.45, 7) is 8.17. The van der Waals surface area contributed by atoms with Crippen molar-refractivity contribution in [2.75, 3.05) is 0 Å². The molecule has 2 aromatic rings. The fourth-order valence-corrected chi connectivity index (χ4v) is 3.17. The zero-order valence-electron chi connectivity index (χ0n) is 13.0. The molecule has 2 heteroatoms. The number of nitrogens with zero attached hydrogens (tertiary/aromatic N) is 2. The van der Waals surface area contributed by atoms with Crippen molar-refractivity contribution in [2.24, 2.45) is 0 Å². The standard InChI is InChI=1S/C16H18N2.C2H6/c1-11-7-16-15(8-13(11)9-17)12(2)10-18(16)14-5-3-4-6-14;1-2/h7-8,10,14H,3-6H2,1-2H3;1-2H3. The largest absolute Gasteiger partial charge is 0.344 e. The van der Waals surface area contributed by atoms with Crippen molar-refractivity contribution in [3.63, 3.8) is 0 Å². The first-order chi connectivity index (χ1) is 9.70. The van der Waals surface area contributed by atoms with E-state index in [1.54, 1.807) is 0 Å². The van der Waals surface area contributed by atoms with Crippen LogP contribution in [0.1, 0.15) is 62.3 Å². The maximum absolute atomic E-state index is 9.13. The van der Waals surface area contributed by atoms with Crippen molar-refractivity contribution in [3.8, 4) is 6.07 Å². The topological polar surface area (TPSA) is 28.7 Å². The van der Waals surface area contributed by atoms with E-state index in [0.29, 0.717) is 6.04 Å². The first-order valence-electron chi connectivity index (χ1n) is 7.72. The monoisotopic (exact) mass is 268 g/mol. The molecule has 0 spiro atoms. The Morgan fingerprint density at radius 2 is 1.75 bits per heavy atom. The Morgan fingerprint density at radius 3 is 2.35 bits per heavy atom. The molecule has 0 saturated heterocycles. The molecule has 1 aromatic carbocycles. The average molecular weight is 268 g/mol. The molecule has 0 aliphatic heterocycles. The van der Waals surface area contributed by atoms with E-state index in [0.717, 1.165) is 11.1 Å². The lowest BCUT2D eigenvalue weighted by Crippen LogP contribution is -2.02. The zero-order valence-corrected chi connectivity index (χ0v) is 13.0. The van der Waals surface area contributed by atoms with Crippen LogP contribution in [0.15, 0.2) is 18.3 Å². The summed E-state index contributed by atoms with van der Waals surface area (Å²) in [5.74, 6) is 0. The van der Waals surface area contributed by atoms with Crippen LogP contribution in [0, 0.1) is 25.2 Å². The third kappa shape index (κ3) is 2.45. The number of aromatic nitrogens is 1. The van der Waals surface area contributed by atoms with Gasteiger partial charge >= 0.3 is 0 Å². The molecule has 0 bridgehead atoms. The first-order valence-corrected chi connectivity index (χ1v) is 7.72. The predicted octanol–water partition coefficient (Wildman–Crippen LogP) is 5.27. The maximum Gasteiger partial charge on any atom is 0.0994 e. The number of hydrogen-bond donors (Lipinski definition) is 0. The summed E-state index contributed by atoms with van der Waals surface area (Å²) in [6, 6.07) is 7.17. The van der Waals surface area contributed by atoms with E-state index in [-0.39, 0.29) is 0 Å². The van der Waals surface area contributed by atoms with Crippen LogP contribution in [0.5, 0.6) is 0 Å². The summed E-state index contributed by atoms with van der Waals surface area (Å²) >= 11 is 0. The molecule has 0 atom stereocenters. The van der Waals surface area contributed by atoms with Gasteiger partial charge in [0.15, 0.2) is 0 Å². The second-order valence-corrected chi connectivity index (χ2v) is 5.45. The van der Waals surface area contributed by atoms with E-state index in [1.165, 1.54) is 42.1 Å². The van der Waals surface area contributed by atoms with Crippen molar-refractivity contribution >= 4 is 10.9 Å². The summed E-state index contributed by atoms with van der Waals surface area (Å²) in [5.41, 5.74) is 4.47. The number of aryl methyl sites for hydroxylation is 2. The minimum absolute atomic E-state index is 0.661. The van der Waals surface area contributed by atoms with Gasteiger partial charge in [-0.15, -0.1) is 0 Å². The summed E-state index contributed by atoms with van der Waals surface area (Å²) in [6.07, 6.45) is 7.54. The second kappa shape index (κ2) is 6.13. The fourth-order valence-electron chi connectivity index (χ4n) is 3.17. The molecule has 1 aliphatic carbocycles. The zero-order chi connectivity index (χ0) is 14.7. The van der Waals surface area contributed by atoms with Crippen LogP contribution in [0.25, 0.3) is 10.9 Å². The van der Waals surface area contributed by atoms with Gasteiger partial charge in [0.25, 0.3) is 0 Å². The second-order valence-electron chi connectivity index (χ2n) is 5.45. The Hall–Kier alpha value is -1.75. The summed E-state index contributed by atoms with van der Waals surface area (Å²) < 4.78 is 2.44. The highest BCUT2D eigenvalue weighted by molar-refractivity contribution is 5.86. The Labute approximate surface area is 122 Å². The molecule has 1 aliphatic rings. The van der Waals surface area contributed by atoms with Gasteiger partial charge < -0.3 is 4.57 Å². The molecule has 106 valence electrons. The highest BCUT2D eigenvalue weighted by Crippen LogP contribution is 2.35. The van der Waals surface area contributed by atoms with Crippen LogP contribution < -0.4 is 0 Å². The molecular formula is C18H24N2. The van der Waals surface area contributed by atoms with Crippen LogP contribution in [-0.4, -0.2) is 4.57 Å². The van der Waals surface area contributed by atoms with Crippen LogP contribution in [0.2, 0.25) is 0 Å². The number of benzene rings is 1. The lowest BCUT2D eigenvalue weighted by atomic mass is 10.1. The van der Waals surface area contributed by atoms with Gasteiger partial charge in [0, 0.05) is 23.1 Å². The SMILES string of the molecule is CC.Cc1cc2c(cc1C#N)c(C)cn2C1CCCC1. The summed E-state index contributed by atoms with van der Waals surface area (Å²) in [7, 11) is 0. The smallest absolute Gasteiger partial charge is 0.0994 e. The van der Waals surface area contributed by atoms with E-state index >= 15 is 0 Å². The third-order valence-electron chi connectivity index (χ3n) is 4.22. The molecule has 20 heavy (non-hydrogen) atoms. The molecule has 2 nitrogen and oxygen atoms in total. The molecule has 1 fully saturated rings. The number of fused-ring (bicyclic) bond motifs is 1. The summed E-state index contributed by atoms with van der Waals surface area (Å²) in [4.78, 5) is 0. The number of nitriles is 1. The average Bonchev–Trinajstić information content (AvgIpc) is 3.09. The molecule has 1 saturated carbocycles. The van der Waals surface area contributed by atoms with Crippen LogP contribution in [-0.2, 0) is 0 Å². The van der Waals surface area contributed by atoms with Crippen LogP contribution in [0.3, 0.4) is 0 Å². The van der Waals surface area contributed by atoms with Crippen molar-refractivity contribution in [1.29, 1.82) is 5.26 Å². The van der Waals surface area contributed by atoms with Gasteiger partial charge in [-0.25, -0.2) is 0 Å². The van der Waals surface area contributed by atoms with Crippen molar-refractivity contribution in [3.05, 3.63) is 35.0 Å². The van der Waals surface area contributed by atoms with E-state index in [4.69, 9.17) is 5.26 Å². The Bertz CT molecular complexity index is 637. The van der Waals surface area contributed by atoms with Crippen molar-refractivity contribution < 1.29 is 0 Å². The van der Waals surface area contributed by atoms with E-state index in [2.05, 4.69) is 29.8 Å². The minimum atomic E-state index is 0.661. The highest BCUT2D eigenvalue weighted by Gasteiger charge is 2.19. The molecular weight excluding hydrogens is 244 g/mol. The fraction of sp³-hybridized carbons (Fsp3) is 0.500. The van der Waals surface area contributed by atoms with Gasteiger partial charge in [-0.3, -0.25) is 0 Å². The van der Waals surface area contributed by atoms with E-state index < -0.39 is 0 Å².